The van der Waals surface area contributed by atoms with Gasteiger partial charge in [0.05, 0.1) is 5.52 Å². The molecule has 1 aromatic heterocycles. The molecule has 0 saturated carbocycles. The zero-order chi connectivity index (χ0) is 10.3. The van der Waals surface area contributed by atoms with Crippen molar-refractivity contribution in [2.24, 2.45) is 0 Å². The minimum atomic E-state index is 0.544. The maximum absolute atomic E-state index is 6.07. The first-order valence-electron chi connectivity index (χ1n) is 4.31. The van der Waals surface area contributed by atoms with E-state index in [0.717, 1.165) is 27.1 Å². The molecule has 1 heterocycles. The molecule has 1 nitrogen and oxygen atoms in total. The van der Waals surface area contributed by atoms with Crippen molar-refractivity contribution in [2.75, 3.05) is 0 Å². The summed E-state index contributed by atoms with van der Waals surface area (Å²) in [6.07, 6.45) is 0. The van der Waals surface area contributed by atoms with Crippen LogP contribution in [0.5, 0.6) is 0 Å². The Morgan fingerprint density at radius 2 is 1.79 bits per heavy atom. The highest BCUT2D eigenvalue weighted by Gasteiger charge is 2.06. The van der Waals surface area contributed by atoms with Gasteiger partial charge < -0.3 is 0 Å². The lowest BCUT2D eigenvalue weighted by molar-refractivity contribution is 1.31. The van der Waals surface area contributed by atoms with Crippen molar-refractivity contribution in [1.82, 2.24) is 4.98 Å². The fourth-order valence-corrected chi connectivity index (χ4v) is 1.79. The molecule has 0 atom stereocenters. The molecule has 2 rings (SSSR count). The Kier molecular flexibility index (Phi) is 2.38. The van der Waals surface area contributed by atoms with Gasteiger partial charge in [-0.15, -0.1) is 0 Å². The first-order chi connectivity index (χ1) is 6.59. The van der Waals surface area contributed by atoms with Crippen LogP contribution in [0.15, 0.2) is 18.2 Å². The van der Waals surface area contributed by atoms with Gasteiger partial charge in [0.15, 0.2) is 0 Å². The third kappa shape index (κ3) is 1.47. The quantitative estimate of drug-likeness (QED) is 0.614. The standard InChI is InChI=1S/C11H9Cl2N/c1-6-3-4-9(12)8-5-7(2)11(13)14-10(6)8/h3-5H,1-2H3. The van der Waals surface area contributed by atoms with Crippen LogP contribution in [0.1, 0.15) is 11.1 Å². The summed E-state index contributed by atoms with van der Waals surface area (Å²) in [4.78, 5) is 4.32. The SMILES string of the molecule is Cc1cc2c(Cl)ccc(C)c2nc1Cl. The lowest BCUT2D eigenvalue weighted by Gasteiger charge is -2.05. The molecule has 0 aliphatic heterocycles. The predicted molar refractivity (Wildman–Crippen MR) is 61.2 cm³/mol. The Morgan fingerprint density at radius 3 is 2.50 bits per heavy atom. The van der Waals surface area contributed by atoms with E-state index in [4.69, 9.17) is 23.2 Å². The molecule has 0 aliphatic rings. The van der Waals surface area contributed by atoms with Gasteiger partial charge in [-0.25, -0.2) is 4.98 Å². The topological polar surface area (TPSA) is 12.9 Å². The van der Waals surface area contributed by atoms with E-state index in [1.165, 1.54) is 0 Å². The minimum Gasteiger partial charge on any atom is -0.235 e. The Bertz CT molecular complexity index is 460. The van der Waals surface area contributed by atoms with Crippen LogP contribution in [0.2, 0.25) is 10.2 Å². The molecule has 0 fully saturated rings. The summed E-state index contributed by atoms with van der Waals surface area (Å²) in [5, 5.41) is 2.23. The molecular formula is C11H9Cl2N. The number of pyridine rings is 1. The van der Waals surface area contributed by atoms with Gasteiger partial charge in [-0.05, 0) is 37.1 Å². The smallest absolute Gasteiger partial charge is 0.132 e. The molecule has 0 amide bonds. The molecule has 0 aliphatic carbocycles. The summed E-state index contributed by atoms with van der Waals surface area (Å²) in [6.45, 7) is 3.92. The summed E-state index contributed by atoms with van der Waals surface area (Å²) >= 11 is 12.0. The molecule has 14 heavy (non-hydrogen) atoms. The third-order valence-corrected chi connectivity index (χ3v) is 2.97. The van der Waals surface area contributed by atoms with Crippen molar-refractivity contribution in [3.05, 3.63) is 39.5 Å². The van der Waals surface area contributed by atoms with E-state index < -0.39 is 0 Å². The molecule has 72 valence electrons. The molecule has 3 heteroatoms. The first kappa shape index (κ1) is 9.75. The predicted octanol–water partition coefficient (Wildman–Crippen LogP) is 4.16. The van der Waals surface area contributed by atoms with E-state index >= 15 is 0 Å². The number of rotatable bonds is 0. The van der Waals surface area contributed by atoms with Gasteiger partial charge in [0, 0.05) is 10.4 Å². The molecular weight excluding hydrogens is 217 g/mol. The molecule has 0 spiro atoms. The summed E-state index contributed by atoms with van der Waals surface area (Å²) < 4.78 is 0. The minimum absolute atomic E-state index is 0.544. The maximum atomic E-state index is 6.07. The van der Waals surface area contributed by atoms with Crippen LogP contribution in [0.4, 0.5) is 0 Å². The van der Waals surface area contributed by atoms with Crippen LogP contribution in [-0.2, 0) is 0 Å². The number of nitrogens with zero attached hydrogens (tertiary/aromatic N) is 1. The van der Waals surface area contributed by atoms with Crippen LogP contribution in [0.3, 0.4) is 0 Å². The van der Waals surface area contributed by atoms with Crippen LogP contribution >= 0.6 is 23.2 Å². The molecule has 0 N–H and O–H groups in total. The normalized spacial score (nSPS) is 10.9. The van der Waals surface area contributed by atoms with Crippen molar-refractivity contribution in [3.63, 3.8) is 0 Å². The molecule has 0 unspecified atom stereocenters. The number of halogens is 2. The number of fused-ring (bicyclic) bond motifs is 1. The van der Waals surface area contributed by atoms with Gasteiger partial charge >= 0.3 is 0 Å². The lowest BCUT2D eigenvalue weighted by Crippen LogP contribution is -1.88. The van der Waals surface area contributed by atoms with Crippen LogP contribution < -0.4 is 0 Å². The highest BCUT2D eigenvalue weighted by atomic mass is 35.5. The van der Waals surface area contributed by atoms with Crippen LogP contribution in [0, 0.1) is 13.8 Å². The van der Waals surface area contributed by atoms with Crippen molar-refractivity contribution >= 4 is 34.1 Å². The molecule has 0 bridgehead atoms. The second-order valence-electron chi connectivity index (χ2n) is 3.36. The lowest BCUT2D eigenvalue weighted by atomic mass is 10.1. The highest BCUT2D eigenvalue weighted by molar-refractivity contribution is 6.36. The maximum Gasteiger partial charge on any atom is 0.132 e. The fraction of sp³-hybridized carbons (Fsp3) is 0.182. The van der Waals surface area contributed by atoms with E-state index in [1.54, 1.807) is 0 Å². The highest BCUT2D eigenvalue weighted by Crippen LogP contribution is 2.28. The largest absolute Gasteiger partial charge is 0.235 e. The summed E-state index contributed by atoms with van der Waals surface area (Å²) in [5.41, 5.74) is 2.92. The van der Waals surface area contributed by atoms with E-state index in [-0.39, 0.29) is 0 Å². The number of hydrogen-bond acceptors (Lipinski definition) is 1. The number of benzene rings is 1. The van der Waals surface area contributed by atoms with Gasteiger partial charge in [-0.1, -0.05) is 29.3 Å². The Labute approximate surface area is 92.7 Å². The van der Waals surface area contributed by atoms with Crippen molar-refractivity contribution in [3.8, 4) is 0 Å². The summed E-state index contributed by atoms with van der Waals surface area (Å²) in [5.74, 6) is 0. The Balaban J connectivity index is 2.94. The summed E-state index contributed by atoms with van der Waals surface area (Å²) in [6, 6.07) is 5.80. The van der Waals surface area contributed by atoms with Gasteiger partial charge in [0.25, 0.3) is 0 Å². The third-order valence-electron chi connectivity index (χ3n) is 2.26. The van der Waals surface area contributed by atoms with Crippen LogP contribution in [-0.4, -0.2) is 4.98 Å². The van der Waals surface area contributed by atoms with Crippen molar-refractivity contribution in [1.29, 1.82) is 0 Å². The Morgan fingerprint density at radius 1 is 1.07 bits per heavy atom. The molecule has 0 saturated heterocycles. The number of aromatic nitrogens is 1. The van der Waals surface area contributed by atoms with Gasteiger partial charge in [-0.3, -0.25) is 0 Å². The van der Waals surface area contributed by atoms with Crippen LogP contribution in [0.25, 0.3) is 10.9 Å². The second-order valence-corrected chi connectivity index (χ2v) is 4.12. The first-order valence-corrected chi connectivity index (χ1v) is 5.07. The van der Waals surface area contributed by atoms with E-state index in [1.807, 2.05) is 32.0 Å². The second kappa shape index (κ2) is 3.41. The van der Waals surface area contributed by atoms with Crippen molar-refractivity contribution < 1.29 is 0 Å². The Hall–Kier alpha value is -0.790. The number of hydrogen-bond donors (Lipinski definition) is 0. The van der Waals surface area contributed by atoms with E-state index in [2.05, 4.69) is 4.98 Å². The monoisotopic (exact) mass is 225 g/mol. The molecule has 0 radical (unpaired) electrons. The zero-order valence-electron chi connectivity index (χ0n) is 7.94. The average Bonchev–Trinajstić information content (AvgIpc) is 2.15. The zero-order valence-corrected chi connectivity index (χ0v) is 9.45. The fourth-order valence-electron chi connectivity index (χ4n) is 1.44. The van der Waals surface area contributed by atoms with Gasteiger partial charge in [0.2, 0.25) is 0 Å². The average molecular weight is 226 g/mol. The summed E-state index contributed by atoms with van der Waals surface area (Å²) in [7, 11) is 0. The van der Waals surface area contributed by atoms with E-state index in [9.17, 15) is 0 Å². The van der Waals surface area contributed by atoms with E-state index in [0.29, 0.717) is 5.15 Å². The van der Waals surface area contributed by atoms with Gasteiger partial charge in [0.1, 0.15) is 5.15 Å². The number of aryl methyl sites for hydroxylation is 2. The van der Waals surface area contributed by atoms with Crippen molar-refractivity contribution in [2.45, 2.75) is 13.8 Å². The molecule has 1 aromatic carbocycles. The molecule has 2 aromatic rings. The van der Waals surface area contributed by atoms with Gasteiger partial charge in [-0.2, -0.15) is 0 Å².